The molecule has 1 aromatic heterocycles. The lowest BCUT2D eigenvalue weighted by Crippen LogP contribution is -2.18. The van der Waals surface area contributed by atoms with Crippen LogP contribution < -0.4 is 9.47 Å². The van der Waals surface area contributed by atoms with Gasteiger partial charge in [-0.25, -0.2) is 0 Å². The van der Waals surface area contributed by atoms with Crippen molar-refractivity contribution in [1.29, 1.82) is 0 Å². The van der Waals surface area contributed by atoms with Crippen molar-refractivity contribution < 1.29 is 14.0 Å². The van der Waals surface area contributed by atoms with Gasteiger partial charge in [0.15, 0.2) is 17.3 Å². The highest BCUT2D eigenvalue weighted by molar-refractivity contribution is 5.58. The Balaban J connectivity index is 1.41. The van der Waals surface area contributed by atoms with Gasteiger partial charge in [0.25, 0.3) is 0 Å². The summed E-state index contributed by atoms with van der Waals surface area (Å²) in [6, 6.07) is 18.1. The molecular formula is C20H20N2O3. The number of hydrogen-bond acceptors (Lipinski definition) is 5. The van der Waals surface area contributed by atoms with E-state index in [-0.39, 0.29) is 0 Å². The Morgan fingerprint density at radius 1 is 0.920 bits per heavy atom. The van der Waals surface area contributed by atoms with E-state index in [9.17, 15) is 0 Å². The minimum absolute atomic E-state index is 0.604. The fourth-order valence-electron chi connectivity index (χ4n) is 2.95. The van der Waals surface area contributed by atoms with Gasteiger partial charge in [0.05, 0.1) is 6.54 Å². The molecule has 128 valence electrons. The Morgan fingerprint density at radius 3 is 2.56 bits per heavy atom. The van der Waals surface area contributed by atoms with Crippen LogP contribution >= 0.6 is 0 Å². The van der Waals surface area contributed by atoms with Crippen molar-refractivity contribution in [1.82, 2.24) is 10.1 Å². The molecule has 1 aliphatic heterocycles. The van der Waals surface area contributed by atoms with E-state index in [0.29, 0.717) is 19.8 Å². The van der Waals surface area contributed by atoms with Crippen molar-refractivity contribution in [2.24, 2.45) is 0 Å². The number of aromatic nitrogens is 1. The molecule has 2 heterocycles. The van der Waals surface area contributed by atoms with Gasteiger partial charge in [-0.1, -0.05) is 41.6 Å². The van der Waals surface area contributed by atoms with Gasteiger partial charge in [0.1, 0.15) is 18.9 Å². The van der Waals surface area contributed by atoms with E-state index in [1.165, 1.54) is 5.56 Å². The lowest BCUT2D eigenvalue weighted by molar-refractivity contribution is 0.171. The molecule has 3 aromatic rings. The van der Waals surface area contributed by atoms with Crippen molar-refractivity contribution in [2.45, 2.75) is 13.1 Å². The van der Waals surface area contributed by atoms with Gasteiger partial charge in [-0.2, -0.15) is 0 Å². The van der Waals surface area contributed by atoms with E-state index in [2.05, 4.69) is 23.2 Å². The molecule has 25 heavy (non-hydrogen) atoms. The van der Waals surface area contributed by atoms with Gasteiger partial charge in [0, 0.05) is 18.2 Å². The molecule has 0 radical (unpaired) electrons. The molecule has 0 fully saturated rings. The van der Waals surface area contributed by atoms with Gasteiger partial charge in [0.2, 0.25) is 0 Å². The predicted molar refractivity (Wildman–Crippen MR) is 94.5 cm³/mol. The maximum absolute atomic E-state index is 5.64. The molecule has 0 saturated carbocycles. The largest absolute Gasteiger partial charge is 0.486 e. The second-order valence-electron chi connectivity index (χ2n) is 6.19. The molecule has 0 saturated heterocycles. The van der Waals surface area contributed by atoms with Crippen molar-refractivity contribution >= 4 is 0 Å². The van der Waals surface area contributed by atoms with Crippen molar-refractivity contribution in [3.63, 3.8) is 0 Å². The summed E-state index contributed by atoms with van der Waals surface area (Å²) in [5, 5.41) is 4.17. The van der Waals surface area contributed by atoms with E-state index in [0.717, 1.165) is 35.1 Å². The number of fused-ring (bicyclic) bond motifs is 1. The summed E-state index contributed by atoms with van der Waals surface area (Å²) in [5.41, 5.74) is 3.10. The molecule has 0 bridgehead atoms. The highest BCUT2D eigenvalue weighted by Gasteiger charge is 2.13. The highest BCUT2D eigenvalue weighted by atomic mass is 16.6. The molecule has 4 rings (SSSR count). The SMILES string of the molecule is CN(Cc1ccc2c(c1)OCCO2)Cc1cc(-c2ccccc2)no1. The monoisotopic (exact) mass is 336 g/mol. The van der Waals surface area contributed by atoms with Gasteiger partial charge < -0.3 is 14.0 Å². The smallest absolute Gasteiger partial charge is 0.161 e. The van der Waals surface area contributed by atoms with E-state index >= 15 is 0 Å². The lowest BCUT2D eigenvalue weighted by Gasteiger charge is -2.20. The third-order valence-corrected chi connectivity index (χ3v) is 4.11. The Kier molecular flexibility index (Phi) is 4.39. The lowest BCUT2D eigenvalue weighted by atomic mass is 10.1. The first-order valence-corrected chi connectivity index (χ1v) is 8.36. The first kappa shape index (κ1) is 15.7. The Bertz CT molecular complexity index is 845. The van der Waals surface area contributed by atoms with E-state index in [1.54, 1.807) is 0 Å². The molecule has 0 aliphatic carbocycles. The minimum Gasteiger partial charge on any atom is -0.486 e. The van der Waals surface area contributed by atoms with Crippen LogP contribution in [0.2, 0.25) is 0 Å². The molecule has 0 N–H and O–H groups in total. The minimum atomic E-state index is 0.604. The second kappa shape index (κ2) is 6.99. The summed E-state index contributed by atoms with van der Waals surface area (Å²) in [7, 11) is 2.06. The summed E-state index contributed by atoms with van der Waals surface area (Å²) in [4.78, 5) is 2.18. The Labute approximate surface area is 146 Å². The number of rotatable bonds is 5. The zero-order valence-electron chi connectivity index (χ0n) is 14.1. The molecule has 5 heteroatoms. The first-order valence-electron chi connectivity index (χ1n) is 8.36. The topological polar surface area (TPSA) is 47.7 Å². The molecule has 0 spiro atoms. The number of nitrogens with zero attached hydrogens (tertiary/aromatic N) is 2. The number of ether oxygens (including phenoxy) is 2. The van der Waals surface area contributed by atoms with Crippen LogP contribution in [0.5, 0.6) is 11.5 Å². The molecule has 0 atom stereocenters. The van der Waals surface area contributed by atoms with E-state index < -0.39 is 0 Å². The van der Waals surface area contributed by atoms with E-state index in [4.69, 9.17) is 14.0 Å². The van der Waals surface area contributed by atoms with Crippen molar-refractivity contribution in [2.75, 3.05) is 20.3 Å². The average Bonchev–Trinajstić information content (AvgIpc) is 3.10. The number of hydrogen-bond donors (Lipinski definition) is 0. The van der Waals surface area contributed by atoms with Gasteiger partial charge in [-0.15, -0.1) is 0 Å². The summed E-state index contributed by atoms with van der Waals surface area (Å²) >= 11 is 0. The molecule has 2 aromatic carbocycles. The standard InChI is InChI=1S/C20H20N2O3/c1-22(13-15-7-8-19-20(11-15)24-10-9-23-19)14-17-12-18(21-25-17)16-5-3-2-4-6-16/h2-8,11-12H,9-10,13-14H2,1H3. The summed E-state index contributed by atoms with van der Waals surface area (Å²) < 4.78 is 16.7. The summed E-state index contributed by atoms with van der Waals surface area (Å²) in [6.07, 6.45) is 0. The van der Waals surface area contributed by atoms with Crippen LogP contribution in [0.15, 0.2) is 59.1 Å². The maximum atomic E-state index is 5.64. The Morgan fingerprint density at radius 2 is 1.72 bits per heavy atom. The van der Waals surface area contributed by atoms with E-state index in [1.807, 2.05) is 48.5 Å². The maximum Gasteiger partial charge on any atom is 0.161 e. The normalized spacial score (nSPS) is 13.2. The van der Waals surface area contributed by atoms with Crippen molar-refractivity contribution in [3.8, 4) is 22.8 Å². The van der Waals surface area contributed by atoms with Gasteiger partial charge >= 0.3 is 0 Å². The predicted octanol–water partition coefficient (Wildman–Crippen LogP) is 3.74. The van der Waals surface area contributed by atoms with Crippen LogP contribution in [0.3, 0.4) is 0 Å². The van der Waals surface area contributed by atoms with Crippen LogP contribution in [0.1, 0.15) is 11.3 Å². The molecule has 0 unspecified atom stereocenters. The Hall–Kier alpha value is -2.79. The van der Waals surface area contributed by atoms with Crippen LogP contribution in [-0.2, 0) is 13.1 Å². The summed E-state index contributed by atoms with van der Waals surface area (Å²) in [5.74, 6) is 2.49. The fourth-order valence-corrected chi connectivity index (χ4v) is 2.95. The third kappa shape index (κ3) is 3.67. The van der Waals surface area contributed by atoms with Crippen LogP contribution in [0.4, 0.5) is 0 Å². The molecule has 1 aliphatic rings. The summed E-state index contributed by atoms with van der Waals surface area (Å²) in [6.45, 7) is 2.69. The number of benzene rings is 2. The molecular weight excluding hydrogens is 316 g/mol. The van der Waals surface area contributed by atoms with Gasteiger partial charge in [-0.05, 0) is 24.7 Å². The highest BCUT2D eigenvalue weighted by Crippen LogP contribution is 2.31. The molecule has 5 nitrogen and oxygen atoms in total. The molecule has 0 amide bonds. The van der Waals surface area contributed by atoms with Crippen LogP contribution in [0.25, 0.3) is 11.3 Å². The van der Waals surface area contributed by atoms with Crippen LogP contribution in [0, 0.1) is 0 Å². The third-order valence-electron chi connectivity index (χ3n) is 4.11. The van der Waals surface area contributed by atoms with Crippen LogP contribution in [-0.4, -0.2) is 30.3 Å². The zero-order valence-corrected chi connectivity index (χ0v) is 14.1. The second-order valence-corrected chi connectivity index (χ2v) is 6.19. The quantitative estimate of drug-likeness (QED) is 0.710. The fraction of sp³-hybridized carbons (Fsp3) is 0.250. The first-order chi connectivity index (χ1) is 12.3. The van der Waals surface area contributed by atoms with Crippen molar-refractivity contribution in [3.05, 3.63) is 65.9 Å². The van der Waals surface area contributed by atoms with Gasteiger partial charge in [-0.3, -0.25) is 4.90 Å². The average molecular weight is 336 g/mol. The zero-order chi connectivity index (χ0) is 17.1.